The molecule has 1 aromatic carbocycles. The van der Waals surface area contributed by atoms with Crippen LogP contribution in [0.5, 0.6) is 0 Å². The Morgan fingerprint density at radius 3 is 2.71 bits per heavy atom. The maximum Gasteiger partial charge on any atom is 0.243 e. The van der Waals surface area contributed by atoms with E-state index in [0.29, 0.717) is 37.6 Å². The number of nitrogens with zero attached hydrogens (tertiary/aromatic N) is 2. The minimum Gasteiger partial charge on any atom is -0.383 e. The van der Waals surface area contributed by atoms with Gasteiger partial charge in [0.2, 0.25) is 21.8 Å². The van der Waals surface area contributed by atoms with Crippen LogP contribution < -0.4 is 5.73 Å². The number of amides is 2. The van der Waals surface area contributed by atoms with Crippen molar-refractivity contribution in [2.75, 3.05) is 26.8 Å². The van der Waals surface area contributed by atoms with Crippen molar-refractivity contribution < 1.29 is 22.7 Å². The predicted octanol–water partition coefficient (Wildman–Crippen LogP) is 0.636. The van der Waals surface area contributed by atoms with Crippen molar-refractivity contribution in [2.45, 2.75) is 49.6 Å². The first-order valence-electron chi connectivity index (χ1n) is 9.51. The van der Waals surface area contributed by atoms with Crippen LogP contribution in [0.4, 0.5) is 0 Å². The predicted molar refractivity (Wildman–Crippen MR) is 103 cm³/mol. The summed E-state index contributed by atoms with van der Waals surface area (Å²) in [5.74, 6) is -0.602. The van der Waals surface area contributed by atoms with E-state index >= 15 is 0 Å². The first-order chi connectivity index (χ1) is 13.3. The Morgan fingerprint density at radius 2 is 2.00 bits per heavy atom. The van der Waals surface area contributed by atoms with Crippen LogP contribution in [0.15, 0.2) is 23.1 Å². The second kappa shape index (κ2) is 8.59. The molecule has 1 saturated heterocycles. The average molecular weight is 410 g/mol. The molecular formula is C19H27N3O5S. The molecule has 1 atom stereocenters. The van der Waals surface area contributed by atoms with Crippen LogP contribution in [-0.2, 0) is 37.3 Å². The molecule has 1 aromatic rings. The number of ether oxygens (including phenoxy) is 1. The van der Waals surface area contributed by atoms with Gasteiger partial charge < -0.3 is 15.4 Å². The zero-order chi connectivity index (χ0) is 20.3. The molecule has 0 bridgehead atoms. The Morgan fingerprint density at radius 1 is 1.21 bits per heavy atom. The Balaban J connectivity index is 1.74. The molecule has 0 radical (unpaired) electrons. The second-order valence-corrected chi connectivity index (χ2v) is 9.22. The van der Waals surface area contributed by atoms with Gasteiger partial charge in [0, 0.05) is 45.6 Å². The molecular weight excluding hydrogens is 382 g/mol. The smallest absolute Gasteiger partial charge is 0.243 e. The molecule has 0 spiro atoms. The van der Waals surface area contributed by atoms with E-state index in [1.54, 1.807) is 34.5 Å². The number of methoxy groups -OCH3 is 1. The molecule has 2 aliphatic heterocycles. The van der Waals surface area contributed by atoms with Crippen molar-refractivity contribution in [1.82, 2.24) is 9.21 Å². The summed E-state index contributed by atoms with van der Waals surface area (Å²) < 4.78 is 32.9. The Labute approximate surface area is 165 Å². The zero-order valence-electron chi connectivity index (χ0n) is 16.1. The van der Waals surface area contributed by atoms with E-state index in [4.69, 9.17) is 10.5 Å². The standard InChI is InChI=1S/C19H27N3O5S/c1-27-13-16-3-2-9-22(16)28(25,26)17-5-4-15-12-21(10-8-14(15)11-17)19(24)7-6-18(20)23/h4-5,11,16H,2-3,6-10,12-13H2,1H3,(H2,20,23)/t16-/m1/s1. The molecule has 28 heavy (non-hydrogen) atoms. The largest absolute Gasteiger partial charge is 0.383 e. The highest BCUT2D eigenvalue weighted by Crippen LogP contribution is 2.29. The maximum absolute atomic E-state index is 13.1. The van der Waals surface area contributed by atoms with Gasteiger partial charge in [-0.25, -0.2) is 8.42 Å². The van der Waals surface area contributed by atoms with Crippen LogP contribution in [0.2, 0.25) is 0 Å². The number of primary amides is 1. The van der Waals surface area contributed by atoms with Gasteiger partial charge in [-0.2, -0.15) is 4.31 Å². The third kappa shape index (κ3) is 4.37. The van der Waals surface area contributed by atoms with Crippen molar-refractivity contribution >= 4 is 21.8 Å². The molecule has 3 rings (SSSR count). The summed E-state index contributed by atoms with van der Waals surface area (Å²) in [6.07, 6.45) is 2.37. The minimum atomic E-state index is -3.57. The van der Waals surface area contributed by atoms with Crippen LogP contribution >= 0.6 is 0 Å². The van der Waals surface area contributed by atoms with Gasteiger partial charge in [0.25, 0.3) is 0 Å². The van der Waals surface area contributed by atoms with Gasteiger partial charge in [0.15, 0.2) is 0 Å². The highest BCUT2D eigenvalue weighted by atomic mass is 32.2. The quantitative estimate of drug-likeness (QED) is 0.710. The van der Waals surface area contributed by atoms with E-state index in [1.165, 1.54) is 0 Å². The van der Waals surface area contributed by atoms with Crippen molar-refractivity contribution in [1.29, 1.82) is 0 Å². The molecule has 0 unspecified atom stereocenters. The Hall–Kier alpha value is -1.97. The summed E-state index contributed by atoms with van der Waals surface area (Å²) in [7, 11) is -1.99. The van der Waals surface area contributed by atoms with Crippen LogP contribution in [0.1, 0.15) is 36.8 Å². The average Bonchev–Trinajstić information content (AvgIpc) is 3.14. The van der Waals surface area contributed by atoms with Crippen LogP contribution in [0.3, 0.4) is 0 Å². The minimum absolute atomic E-state index is 0.0395. The Bertz CT molecular complexity index is 855. The summed E-state index contributed by atoms with van der Waals surface area (Å²) >= 11 is 0. The summed E-state index contributed by atoms with van der Waals surface area (Å²) in [5.41, 5.74) is 6.99. The molecule has 9 heteroatoms. The fourth-order valence-electron chi connectivity index (χ4n) is 3.91. The van der Waals surface area contributed by atoms with Crippen molar-refractivity contribution in [3.8, 4) is 0 Å². The van der Waals surface area contributed by atoms with Crippen LogP contribution in [-0.4, -0.2) is 62.3 Å². The SMILES string of the molecule is COC[C@H]1CCCN1S(=O)(=O)c1ccc2c(c1)CCN(C(=O)CCC(N)=O)C2. The lowest BCUT2D eigenvalue weighted by Crippen LogP contribution is -2.38. The first-order valence-corrected chi connectivity index (χ1v) is 11.0. The highest BCUT2D eigenvalue weighted by Gasteiger charge is 2.35. The molecule has 0 aromatic heterocycles. The number of sulfonamides is 1. The van der Waals surface area contributed by atoms with Crippen molar-refractivity contribution in [3.05, 3.63) is 29.3 Å². The summed E-state index contributed by atoms with van der Waals surface area (Å²) in [5, 5.41) is 0. The second-order valence-electron chi connectivity index (χ2n) is 7.33. The topological polar surface area (TPSA) is 110 Å². The van der Waals surface area contributed by atoms with Gasteiger partial charge in [-0.3, -0.25) is 9.59 Å². The van der Waals surface area contributed by atoms with Gasteiger partial charge in [0.05, 0.1) is 11.5 Å². The van der Waals surface area contributed by atoms with Gasteiger partial charge in [0.1, 0.15) is 0 Å². The Kier molecular flexibility index (Phi) is 6.36. The number of carbonyl (C=O) groups is 2. The van der Waals surface area contributed by atoms with E-state index in [0.717, 1.165) is 24.0 Å². The van der Waals surface area contributed by atoms with E-state index in [2.05, 4.69) is 0 Å². The molecule has 1 fully saturated rings. The van der Waals surface area contributed by atoms with E-state index in [9.17, 15) is 18.0 Å². The van der Waals surface area contributed by atoms with E-state index in [1.807, 2.05) is 0 Å². The number of benzene rings is 1. The monoisotopic (exact) mass is 409 g/mol. The van der Waals surface area contributed by atoms with Crippen molar-refractivity contribution in [3.63, 3.8) is 0 Å². The lowest BCUT2D eigenvalue weighted by Gasteiger charge is -2.30. The highest BCUT2D eigenvalue weighted by molar-refractivity contribution is 7.89. The number of rotatable bonds is 7. The number of fused-ring (bicyclic) bond motifs is 1. The third-order valence-electron chi connectivity index (χ3n) is 5.42. The molecule has 2 N–H and O–H groups in total. The molecule has 0 saturated carbocycles. The summed E-state index contributed by atoms with van der Waals surface area (Å²) in [6, 6.07) is 5.02. The summed E-state index contributed by atoms with van der Waals surface area (Å²) in [4.78, 5) is 25.1. The number of hydrogen-bond donors (Lipinski definition) is 1. The number of hydrogen-bond acceptors (Lipinski definition) is 5. The fourth-order valence-corrected chi connectivity index (χ4v) is 5.64. The van der Waals surface area contributed by atoms with E-state index < -0.39 is 15.9 Å². The van der Waals surface area contributed by atoms with Gasteiger partial charge >= 0.3 is 0 Å². The lowest BCUT2D eigenvalue weighted by atomic mass is 9.99. The lowest BCUT2D eigenvalue weighted by molar-refractivity contribution is -0.133. The summed E-state index contributed by atoms with van der Waals surface area (Å²) in [6.45, 7) is 1.83. The van der Waals surface area contributed by atoms with Gasteiger partial charge in [-0.05, 0) is 42.5 Å². The molecule has 0 aliphatic carbocycles. The zero-order valence-corrected chi connectivity index (χ0v) is 16.9. The molecule has 2 heterocycles. The fraction of sp³-hybridized carbons (Fsp3) is 0.579. The normalized spacial score (nSPS) is 20.2. The number of carbonyl (C=O) groups excluding carboxylic acids is 2. The third-order valence-corrected chi connectivity index (χ3v) is 7.36. The first kappa shape index (κ1) is 20.8. The molecule has 154 valence electrons. The van der Waals surface area contributed by atoms with Gasteiger partial charge in [-0.15, -0.1) is 0 Å². The van der Waals surface area contributed by atoms with Crippen LogP contribution in [0, 0.1) is 0 Å². The van der Waals surface area contributed by atoms with Crippen LogP contribution in [0.25, 0.3) is 0 Å². The molecule has 8 nitrogen and oxygen atoms in total. The molecule has 2 aliphatic rings. The van der Waals surface area contributed by atoms with E-state index in [-0.39, 0.29) is 24.8 Å². The number of nitrogens with two attached hydrogens (primary N) is 1. The van der Waals surface area contributed by atoms with Gasteiger partial charge in [-0.1, -0.05) is 6.07 Å². The molecule has 2 amide bonds. The maximum atomic E-state index is 13.1. The van der Waals surface area contributed by atoms with Crippen molar-refractivity contribution in [2.24, 2.45) is 5.73 Å².